The number of benzene rings is 2. The number of rotatable bonds is 2. The number of hydrazone groups is 1. The largest absolute Gasteiger partial charge is 0.256 e. The Hall–Kier alpha value is -0.590. The van der Waals surface area contributed by atoms with Gasteiger partial charge in [0.1, 0.15) is 11.4 Å². The van der Waals surface area contributed by atoms with Gasteiger partial charge in [-0.05, 0) is 16.3 Å². The topological polar surface area (TPSA) is 36.9 Å². The second-order valence-electron chi connectivity index (χ2n) is 5.28. The fourth-order valence-corrected chi connectivity index (χ4v) is 3.63. The van der Waals surface area contributed by atoms with Crippen LogP contribution in [0.1, 0.15) is 5.56 Å². The first-order valence-corrected chi connectivity index (χ1v) is 9.46. The first-order chi connectivity index (χ1) is 12.1. The summed E-state index contributed by atoms with van der Waals surface area (Å²) in [4.78, 5) is 5.23. The molecule has 1 aliphatic rings. The number of nitrogens with one attached hydrogen (secondary N) is 1. The smallest absolute Gasteiger partial charge is 0.235 e. The average molecular weight is 474 g/mol. The van der Waals surface area contributed by atoms with Crippen LogP contribution in [0, 0.1) is 0 Å². The van der Waals surface area contributed by atoms with Crippen molar-refractivity contribution in [2.75, 3.05) is 7.11 Å². The van der Waals surface area contributed by atoms with Gasteiger partial charge in [-0.25, -0.2) is 0 Å². The standard InChI is InChI=1S/C16H11Cl6N3O/c1-26-25-14(16(20,21)22)12(13(23-24-25)15(17,18)19)11-8-4-6-9-5-2-3-7-10(9)11/h2-8,24H,1H3. The van der Waals surface area contributed by atoms with Crippen molar-refractivity contribution in [2.45, 2.75) is 7.59 Å². The summed E-state index contributed by atoms with van der Waals surface area (Å²) in [7, 11) is 1.39. The summed E-state index contributed by atoms with van der Waals surface area (Å²) in [6.07, 6.45) is 0. The molecule has 4 nitrogen and oxygen atoms in total. The van der Waals surface area contributed by atoms with Crippen molar-refractivity contribution >= 4 is 91.7 Å². The van der Waals surface area contributed by atoms with E-state index in [1.165, 1.54) is 7.11 Å². The van der Waals surface area contributed by atoms with Crippen LogP contribution in [0.5, 0.6) is 0 Å². The zero-order valence-electron chi connectivity index (χ0n) is 13.1. The minimum Gasteiger partial charge on any atom is -0.256 e. The predicted octanol–water partition coefficient (Wildman–Crippen LogP) is 6.03. The van der Waals surface area contributed by atoms with Crippen LogP contribution in [-0.4, -0.2) is 25.6 Å². The minimum atomic E-state index is -1.90. The van der Waals surface area contributed by atoms with E-state index in [0.29, 0.717) is 11.1 Å². The normalized spacial score (nSPS) is 16.0. The molecule has 0 saturated carbocycles. The lowest BCUT2D eigenvalue weighted by atomic mass is 9.93. The van der Waals surface area contributed by atoms with Crippen LogP contribution in [0.3, 0.4) is 0 Å². The maximum absolute atomic E-state index is 6.22. The van der Waals surface area contributed by atoms with Gasteiger partial charge in [0.2, 0.25) is 7.59 Å². The van der Waals surface area contributed by atoms with Crippen molar-refractivity contribution in [3.05, 3.63) is 53.7 Å². The molecule has 1 heterocycles. The molecule has 0 amide bonds. The zero-order valence-corrected chi connectivity index (χ0v) is 17.6. The molecule has 138 valence electrons. The summed E-state index contributed by atoms with van der Waals surface area (Å²) < 4.78 is -3.77. The summed E-state index contributed by atoms with van der Waals surface area (Å²) in [5, 5.41) is 7.07. The molecule has 0 saturated heterocycles. The molecule has 2 aromatic carbocycles. The third-order valence-corrected chi connectivity index (χ3v) is 4.78. The zero-order chi connectivity index (χ0) is 19.1. The number of halogens is 6. The van der Waals surface area contributed by atoms with Crippen LogP contribution in [-0.2, 0) is 4.84 Å². The lowest BCUT2D eigenvalue weighted by molar-refractivity contribution is -0.142. The molecule has 1 aliphatic heterocycles. The highest BCUT2D eigenvalue weighted by atomic mass is 35.6. The quantitative estimate of drug-likeness (QED) is 0.541. The Morgan fingerprint density at radius 1 is 0.923 bits per heavy atom. The summed E-state index contributed by atoms with van der Waals surface area (Å²) in [6.45, 7) is 0. The van der Waals surface area contributed by atoms with Gasteiger partial charge in [-0.1, -0.05) is 112 Å². The first kappa shape index (κ1) is 20.2. The first-order valence-electron chi connectivity index (χ1n) is 7.19. The second kappa shape index (κ2) is 7.44. The maximum Gasteiger partial charge on any atom is 0.235 e. The Balaban J connectivity index is 2.42. The number of hydrogen-bond acceptors (Lipinski definition) is 4. The van der Waals surface area contributed by atoms with Crippen molar-refractivity contribution in [1.29, 1.82) is 0 Å². The van der Waals surface area contributed by atoms with Crippen molar-refractivity contribution < 1.29 is 4.84 Å². The van der Waals surface area contributed by atoms with Gasteiger partial charge in [-0.15, -0.1) is 5.17 Å². The highest BCUT2D eigenvalue weighted by Gasteiger charge is 2.44. The molecule has 2 aromatic rings. The van der Waals surface area contributed by atoms with E-state index < -0.39 is 7.59 Å². The van der Waals surface area contributed by atoms with Gasteiger partial charge in [0.05, 0.1) is 7.11 Å². The Bertz CT molecular complexity index is 895. The minimum absolute atomic E-state index is 0.0773. The Labute approximate surface area is 180 Å². The SMILES string of the molecule is CON1NN=C(C(Cl)(Cl)Cl)C(c2cccc3ccccc23)=C1C(Cl)(Cl)Cl. The van der Waals surface area contributed by atoms with Gasteiger partial charge >= 0.3 is 0 Å². The van der Waals surface area contributed by atoms with E-state index in [-0.39, 0.29) is 11.4 Å². The van der Waals surface area contributed by atoms with Crippen molar-refractivity contribution in [1.82, 2.24) is 10.7 Å². The van der Waals surface area contributed by atoms with E-state index in [0.717, 1.165) is 15.9 Å². The van der Waals surface area contributed by atoms with Gasteiger partial charge in [0.15, 0.2) is 0 Å². The summed E-state index contributed by atoms with van der Waals surface area (Å²) in [5.74, 6) is 0. The molecular formula is C16H11Cl6N3O. The van der Waals surface area contributed by atoms with Crippen LogP contribution in [0.2, 0.25) is 0 Å². The number of hydroxylamine groups is 1. The molecule has 0 radical (unpaired) electrons. The van der Waals surface area contributed by atoms with E-state index in [1.54, 1.807) is 0 Å². The number of alkyl halides is 6. The molecule has 0 unspecified atom stereocenters. The summed E-state index contributed by atoms with van der Waals surface area (Å²) in [5.41, 5.74) is 3.79. The van der Waals surface area contributed by atoms with Crippen molar-refractivity contribution in [3.63, 3.8) is 0 Å². The molecule has 0 aliphatic carbocycles. The molecular weight excluding hydrogens is 463 g/mol. The number of nitrogens with zero attached hydrogens (tertiary/aromatic N) is 2. The van der Waals surface area contributed by atoms with Crippen molar-refractivity contribution in [2.24, 2.45) is 5.10 Å². The molecule has 1 N–H and O–H groups in total. The highest BCUT2D eigenvalue weighted by Crippen LogP contribution is 2.46. The highest BCUT2D eigenvalue weighted by molar-refractivity contribution is 6.80. The van der Waals surface area contributed by atoms with Crippen LogP contribution in [0.25, 0.3) is 16.3 Å². The fourth-order valence-electron chi connectivity index (χ4n) is 2.71. The number of allylic oxidation sites excluding steroid dienone is 2. The Morgan fingerprint density at radius 3 is 2.19 bits per heavy atom. The van der Waals surface area contributed by atoms with Gasteiger partial charge in [-0.2, -0.15) is 10.6 Å². The van der Waals surface area contributed by atoms with Gasteiger partial charge in [0, 0.05) is 5.57 Å². The molecule has 0 fully saturated rings. The van der Waals surface area contributed by atoms with E-state index >= 15 is 0 Å². The van der Waals surface area contributed by atoms with Gasteiger partial charge < -0.3 is 0 Å². The molecule has 0 spiro atoms. The third-order valence-electron chi connectivity index (χ3n) is 3.71. The average Bonchev–Trinajstić information content (AvgIpc) is 2.58. The number of hydrogen-bond donors (Lipinski definition) is 1. The Kier molecular flexibility index (Phi) is 5.76. The van der Waals surface area contributed by atoms with Crippen LogP contribution < -0.4 is 5.53 Å². The lowest BCUT2D eigenvalue weighted by Crippen LogP contribution is -2.45. The molecule has 26 heavy (non-hydrogen) atoms. The van der Waals surface area contributed by atoms with Gasteiger partial charge in [0.25, 0.3) is 0 Å². The molecule has 0 bridgehead atoms. The monoisotopic (exact) mass is 471 g/mol. The fraction of sp³-hybridized carbons (Fsp3) is 0.188. The van der Waals surface area contributed by atoms with E-state index in [9.17, 15) is 0 Å². The van der Waals surface area contributed by atoms with Crippen LogP contribution in [0.15, 0.2) is 53.3 Å². The maximum atomic E-state index is 6.22. The van der Waals surface area contributed by atoms with E-state index in [2.05, 4.69) is 10.6 Å². The summed E-state index contributed by atoms with van der Waals surface area (Å²) in [6, 6.07) is 13.3. The van der Waals surface area contributed by atoms with Crippen LogP contribution >= 0.6 is 69.6 Å². The van der Waals surface area contributed by atoms with E-state index in [1.807, 2.05) is 42.5 Å². The van der Waals surface area contributed by atoms with Crippen LogP contribution in [0.4, 0.5) is 0 Å². The van der Waals surface area contributed by atoms with E-state index in [4.69, 9.17) is 74.4 Å². The second-order valence-corrected chi connectivity index (χ2v) is 9.85. The van der Waals surface area contributed by atoms with Crippen molar-refractivity contribution in [3.8, 4) is 0 Å². The van der Waals surface area contributed by atoms with Gasteiger partial charge in [-0.3, -0.25) is 4.84 Å². The predicted molar refractivity (Wildman–Crippen MR) is 111 cm³/mol. The summed E-state index contributed by atoms with van der Waals surface area (Å²) >= 11 is 37.1. The Morgan fingerprint density at radius 2 is 1.58 bits per heavy atom. The molecule has 0 aromatic heterocycles. The third kappa shape index (κ3) is 3.83. The number of fused-ring (bicyclic) bond motifs is 1. The number of hydrazine groups is 1. The molecule has 0 atom stereocenters. The lowest BCUT2D eigenvalue weighted by Gasteiger charge is -2.35. The molecule has 10 heteroatoms. The molecule has 3 rings (SSSR count).